The van der Waals surface area contributed by atoms with E-state index in [-0.39, 0.29) is 29.6 Å². The summed E-state index contributed by atoms with van der Waals surface area (Å²) in [5.41, 5.74) is 6.20. The zero-order valence-electron chi connectivity index (χ0n) is 13.1. The van der Waals surface area contributed by atoms with E-state index in [0.717, 1.165) is 28.5 Å². The van der Waals surface area contributed by atoms with Gasteiger partial charge in [0.1, 0.15) is 5.82 Å². The predicted molar refractivity (Wildman–Crippen MR) is 88.9 cm³/mol. The summed E-state index contributed by atoms with van der Waals surface area (Å²) in [6, 6.07) is 4.63. The van der Waals surface area contributed by atoms with E-state index in [4.69, 9.17) is 5.73 Å². The molecule has 2 amide bonds. The molecule has 122 valence electrons. The largest absolute Gasteiger partial charge is 0.369 e. The van der Waals surface area contributed by atoms with E-state index in [9.17, 15) is 14.0 Å². The van der Waals surface area contributed by atoms with Crippen molar-refractivity contribution in [2.75, 3.05) is 6.54 Å². The van der Waals surface area contributed by atoms with Crippen molar-refractivity contribution in [3.8, 4) is 0 Å². The number of carbonyl (C=O) groups excluding carboxylic acids is 2. The van der Waals surface area contributed by atoms with Gasteiger partial charge >= 0.3 is 0 Å². The standard InChI is InChI=1S/C17H19FN2O2S/c1-9-3-4-11(16(19)21)8-20(9)17(22)15-10(2)13-7-12(18)5-6-14(13)23-15/h5-7,9,11H,3-4,8H2,1-2H3,(H2,19,21)/t9-,11-/m0/s1. The van der Waals surface area contributed by atoms with Crippen LogP contribution in [0, 0.1) is 18.7 Å². The second-order valence-electron chi connectivity index (χ2n) is 6.18. The van der Waals surface area contributed by atoms with Gasteiger partial charge < -0.3 is 10.6 Å². The number of likely N-dealkylation sites (tertiary alicyclic amines) is 1. The number of fused-ring (bicyclic) bond motifs is 1. The van der Waals surface area contributed by atoms with Gasteiger partial charge in [0.2, 0.25) is 5.91 Å². The smallest absolute Gasteiger partial charge is 0.264 e. The summed E-state index contributed by atoms with van der Waals surface area (Å²) < 4.78 is 14.3. The Bertz CT molecular complexity index is 786. The minimum absolute atomic E-state index is 0.0689. The van der Waals surface area contributed by atoms with E-state index in [0.29, 0.717) is 11.4 Å². The summed E-state index contributed by atoms with van der Waals surface area (Å²) >= 11 is 1.37. The molecule has 0 aliphatic carbocycles. The summed E-state index contributed by atoms with van der Waals surface area (Å²) in [7, 11) is 0. The second-order valence-corrected chi connectivity index (χ2v) is 7.23. The van der Waals surface area contributed by atoms with Crippen molar-refractivity contribution in [1.82, 2.24) is 4.90 Å². The number of rotatable bonds is 2. The van der Waals surface area contributed by atoms with E-state index in [1.54, 1.807) is 11.0 Å². The zero-order chi connectivity index (χ0) is 16.7. The van der Waals surface area contributed by atoms with Crippen molar-refractivity contribution in [3.63, 3.8) is 0 Å². The number of nitrogens with two attached hydrogens (primary N) is 1. The van der Waals surface area contributed by atoms with Crippen molar-refractivity contribution in [2.45, 2.75) is 32.7 Å². The summed E-state index contributed by atoms with van der Waals surface area (Å²) in [5, 5.41) is 0.773. The van der Waals surface area contributed by atoms with E-state index in [1.807, 2.05) is 13.8 Å². The van der Waals surface area contributed by atoms with Crippen molar-refractivity contribution in [3.05, 3.63) is 34.5 Å². The first-order valence-corrected chi connectivity index (χ1v) is 8.49. The lowest BCUT2D eigenvalue weighted by molar-refractivity contribution is -0.123. The summed E-state index contributed by atoms with van der Waals surface area (Å²) in [4.78, 5) is 26.7. The molecular formula is C17H19FN2O2S. The monoisotopic (exact) mass is 334 g/mol. The predicted octanol–water partition coefficient (Wildman–Crippen LogP) is 3.07. The average molecular weight is 334 g/mol. The number of halogens is 1. The van der Waals surface area contributed by atoms with Gasteiger partial charge in [-0.05, 0) is 55.8 Å². The number of nitrogens with zero attached hydrogens (tertiary/aromatic N) is 1. The Morgan fingerprint density at radius 1 is 1.35 bits per heavy atom. The van der Waals surface area contributed by atoms with Crippen LogP contribution < -0.4 is 5.73 Å². The molecule has 1 saturated heterocycles. The fourth-order valence-electron chi connectivity index (χ4n) is 3.15. The molecule has 2 atom stereocenters. The van der Waals surface area contributed by atoms with Crippen LogP contribution in [-0.2, 0) is 4.79 Å². The molecule has 0 unspecified atom stereocenters. The van der Waals surface area contributed by atoms with E-state index in [2.05, 4.69) is 0 Å². The number of hydrogen-bond acceptors (Lipinski definition) is 3. The summed E-state index contributed by atoms with van der Waals surface area (Å²) in [6.45, 7) is 4.18. The van der Waals surface area contributed by atoms with E-state index < -0.39 is 0 Å². The lowest BCUT2D eigenvalue weighted by atomic mass is 9.92. The highest BCUT2D eigenvalue weighted by atomic mass is 32.1. The van der Waals surface area contributed by atoms with Gasteiger partial charge in [-0.25, -0.2) is 4.39 Å². The minimum atomic E-state index is -0.357. The van der Waals surface area contributed by atoms with Gasteiger partial charge in [-0.3, -0.25) is 9.59 Å². The second kappa shape index (κ2) is 5.92. The molecule has 0 saturated carbocycles. The molecule has 1 aliphatic rings. The van der Waals surface area contributed by atoms with Crippen LogP contribution in [0.15, 0.2) is 18.2 Å². The number of aryl methyl sites for hydroxylation is 1. The van der Waals surface area contributed by atoms with Crippen LogP contribution in [0.3, 0.4) is 0 Å². The average Bonchev–Trinajstić information content (AvgIpc) is 2.83. The summed E-state index contributed by atoms with van der Waals surface area (Å²) in [6.07, 6.45) is 1.48. The molecule has 0 radical (unpaired) electrons. The molecule has 0 spiro atoms. The highest BCUT2D eigenvalue weighted by Gasteiger charge is 2.33. The highest BCUT2D eigenvalue weighted by molar-refractivity contribution is 7.21. The molecule has 2 heterocycles. The van der Waals surface area contributed by atoms with Gasteiger partial charge in [-0.2, -0.15) is 0 Å². The molecule has 3 rings (SSSR count). The number of amides is 2. The topological polar surface area (TPSA) is 63.4 Å². The number of piperidine rings is 1. The molecule has 2 aromatic rings. The van der Waals surface area contributed by atoms with Crippen LogP contribution in [0.5, 0.6) is 0 Å². The van der Waals surface area contributed by atoms with Crippen LogP contribution in [0.4, 0.5) is 4.39 Å². The van der Waals surface area contributed by atoms with Crippen LogP contribution >= 0.6 is 11.3 Å². The molecule has 0 bridgehead atoms. The molecule has 6 heteroatoms. The Balaban J connectivity index is 1.96. The molecule has 1 aromatic carbocycles. The van der Waals surface area contributed by atoms with Gasteiger partial charge in [0, 0.05) is 17.3 Å². The van der Waals surface area contributed by atoms with Gasteiger partial charge in [-0.1, -0.05) is 0 Å². The maximum atomic E-state index is 13.4. The van der Waals surface area contributed by atoms with Gasteiger partial charge in [0.15, 0.2) is 0 Å². The number of hydrogen-bond donors (Lipinski definition) is 1. The molecule has 1 aliphatic heterocycles. The Hall–Kier alpha value is -1.95. The first-order chi connectivity index (χ1) is 10.9. The molecule has 4 nitrogen and oxygen atoms in total. The van der Waals surface area contributed by atoms with Crippen molar-refractivity contribution in [1.29, 1.82) is 0 Å². The van der Waals surface area contributed by atoms with Crippen LogP contribution in [-0.4, -0.2) is 29.3 Å². The molecule has 1 fully saturated rings. The molecule has 1 aromatic heterocycles. The van der Waals surface area contributed by atoms with Crippen LogP contribution in [0.1, 0.15) is 35.0 Å². The van der Waals surface area contributed by atoms with E-state index >= 15 is 0 Å². The highest BCUT2D eigenvalue weighted by Crippen LogP contribution is 2.34. The number of carbonyl (C=O) groups is 2. The molecule has 23 heavy (non-hydrogen) atoms. The SMILES string of the molecule is Cc1c(C(=O)N2C[C@@H](C(N)=O)CC[C@@H]2C)sc2ccc(F)cc12. The normalized spacial score (nSPS) is 21.6. The minimum Gasteiger partial charge on any atom is -0.369 e. The van der Waals surface area contributed by atoms with Gasteiger partial charge in [0.05, 0.1) is 10.8 Å². The van der Waals surface area contributed by atoms with Crippen molar-refractivity contribution >= 4 is 33.2 Å². The van der Waals surface area contributed by atoms with Gasteiger partial charge in [0.25, 0.3) is 5.91 Å². The first kappa shape index (κ1) is 15.9. The van der Waals surface area contributed by atoms with Crippen LogP contribution in [0.2, 0.25) is 0 Å². The number of primary amides is 1. The third-order valence-corrected chi connectivity index (χ3v) is 5.90. The fraction of sp³-hybridized carbons (Fsp3) is 0.412. The van der Waals surface area contributed by atoms with Crippen molar-refractivity contribution in [2.24, 2.45) is 11.7 Å². The Morgan fingerprint density at radius 3 is 2.78 bits per heavy atom. The van der Waals surface area contributed by atoms with Crippen molar-refractivity contribution < 1.29 is 14.0 Å². The van der Waals surface area contributed by atoms with Gasteiger partial charge in [-0.15, -0.1) is 11.3 Å². The maximum absolute atomic E-state index is 13.4. The third kappa shape index (κ3) is 2.83. The fourth-order valence-corrected chi connectivity index (χ4v) is 4.30. The number of thiophene rings is 1. The lowest BCUT2D eigenvalue weighted by Gasteiger charge is -2.36. The third-order valence-electron chi connectivity index (χ3n) is 4.64. The molecular weight excluding hydrogens is 315 g/mol. The summed E-state index contributed by atoms with van der Waals surface area (Å²) in [5.74, 6) is -1.05. The number of benzene rings is 1. The van der Waals surface area contributed by atoms with E-state index in [1.165, 1.54) is 23.5 Å². The van der Waals surface area contributed by atoms with Crippen LogP contribution in [0.25, 0.3) is 10.1 Å². The Labute approximate surface area is 138 Å². The Morgan fingerprint density at radius 2 is 2.09 bits per heavy atom. The molecule has 2 N–H and O–H groups in total. The first-order valence-electron chi connectivity index (χ1n) is 7.67. The Kier molecular flexibility index (Phi) is 4.10. The lowest BCUT2D eigenvalue weighted by Crippen LogP contribution is -2.48. The quantitative estimate of drug-likeness (QED) is 0.917. The maximum Gasteiger partial charge on any atom is 0.264 e. The zero-order valence-corrected chi connectivity index (χ0v) is 14.0.